The van der Waals surface area contributed by atoms with Gasteiger partial charge in [-0.15, -0.1) is 0 Å². The van der Waals surface area contributed by atoms with Gasteiger partial charge in [-0.05, 0) is 30.5 Å². The predicted octanol–water partition coefficient (Wildman–Crippen LogP) is 3.48. The molecule has 4 heteroatoms. The summed E-state index contributed by atoms with van der Waals surface area (Å²) in [5.74, 6) is -0.213. The molecule has 110 valence electrons. The van der Waals surface area contributed by atoms with Crippen LogP contribution in [0.15, 0.2) is 18.2 Å². The Morgan fingerprint density at radius 1 is 1.20 bits per heavy atom. The summed E-state index contributed by atoms with van der Waals surface area (Å²) in [7, 11) is 1.54. The SMILES string of the molecule is CCCCCC(=O)c1cc(CCC(=O)O)ccc1OC. The molecule has 0 fully saturated rings. The maximum atomic E-state index is 12.2. The number of aliphatic carboxylic acids is 1. The number of carboxylic acids is 1. The van der Waals surface area contributed by atoms with E-state index in [4.69, 9.17) is 9.84 Å². The number of hydrogen-bond acceptors (Lipinski definition) is 3. The number of hydrogen-bond donors (Lipinski definition) is 1. The van der Waals surface area contributed by atoms with Gasteiger partial charge >= 0.3 is 5.97 Å². The van der Waals surface area contributed by atoms with Crippen LogP contribution in [0.2, 0.25) is 0 Å². The zero-order valence-electron chi connectivity index (χ0n) is 12.1. The molecule has 0 radical (unpaired) electrons. The lowest BCUT2D eigenvalue weighted by atomic mass is 9.99. The highest BCUT2D eigenvalue weighted by Crippen LogP contribution is 2.23. The monoisotopic (exact) mass is 278 g/mol. The molecule has 0 saturated heterocycles. The Kier molecular flexibility index (Phi) is 6.77. The Hall–Kier alpha value is -1.84. The normalized spacial score (nSPS) is 10.3. The number of Topliss-reactive ketones (excluding diaryl/α,β-unsaturated/α-hetero) is 1. The summed E-state index contributed by atoms with van der Waals surface area (Å²) in [6.07, 6.45) is 3.98. The van der Waals surface area contributed by atoms with Crippen molar-refractivity contribution in [1.29, 1.82) is 0 Å². The minimum atomic E-state index is -0.836. The van der Waals surface area contributed by atoms with Crippen molar-refractivity contribution in [3.05, 3.63) is 29.3 Å². The molecule has 0 saturated carbocycles. The van der Waals surface area contributed by atoms with Crippen LogP contribution in [0, 0.1) is 0 Å². The van der Waals surface area contributed by atoms with Gasteiger partial charge < -0.3 is 9.84 Å². The molecule has 0 bridgehead atoms. The van der Waals surface area contributed by atoms with Gasteiger partial charge in [0, 0.05) is 12.8 Å². The van der Waals surface area contributed by atoms with Crippen LogP contribution in [0.5, 0.6) is 5.75 Å². The lowest BCUT2D eigenvalue weighted by Crippen LogP contribution is -2.04. The van der Waals surface area contributed by atoms with Crippen LogP contribution in [0.25, 0.3) is 0 Å². The second-order valence-corrected chi connectivity index (χ2v) is 4.81. The van der Waals surface area contributed by atoms with Gasteiger partial charge in [-0.1, -0.05) is 25.8 Å². The largest absolute Gasteiger partial charge is 0.496 e. The third-order valence-electron chi connectivity index (χ3n) is 3.20. The molecule has 0 spiro atoms. The predicted molar refractivity (Wildman–Crippen MR) is 77.4 cm³/mol. The van der Waals surface area contributed by atoms with Crippen LogP contribution in [0.1, 0.15) is 54.9 Å². The zero-order valence-corrected chi connectivity index (χ0v) is 12.1. The summed E-state index contributed by atoms with van der Waals surface area (Å²) in [6.45, 7) is 2.09. The molecular formula is C16H22O4. The second kappa shape index (κ2) is 8.35. The first-order chi connectivity index (χ1) is 9.58. The van der Waals surface area contributed by atoms with Gasteiger partial charge in [-0.2, -0.15) is 0 Å². The Bertz CT molecular complexity index is 466. The topological polar surface area (TPSA) is 63.6 Å². The van der Waals surface area contributed by atoms with Crippen molar-refractivity contribution in [2.24, 2.45) is 0 Å². The fourth-order valence-electron chi connectivity index (χ4n) is 2.05. The number of ketones is 1. The number of ether oxygens (including phenoxy) is 1. The first kappa shape index (κ1) is 16.2. The lowest BCUT2D eigenvalue weighted by Gasteiger charge is -2.10. The molecule has 1 rings (SSSR count). The quantitative estimate of drug-likeness (QED) is 0.555. The minimum absolute atomic E-state index is 0.0625. The van der Waals surface area contributed by atoms with Crippen molar-refractivity contribution >= 4 is 11.8 Å². The van der Waals surface area contributed by atoms with Gasteiger partial charge in [-0.25, -0.2) is 0 Å². The summed E-state index contributed by atoms with van der Waals surface area (Å²) in [4.78, 5) is 22.8. The van der Waals surface area contributed by atoms with E-state index in [2.05, 4.69) is 6.92 Å². The number of unbranched alkanes of at least 4 members (excludes halogenated alkanes) is 2. The lowest BCUT2D eigenvalue weighted by molar-refractivity contribution is -0.136. The molecular weight excluding hydrogens is 256 g/mol. The maximum Gasteiger partial charge on any atom is 0.303 e. The number of carbonyl (C=O) groups is 2. The van der Waals surface area contributed by atoms with Crippen LogP contribution in [0.3, 0.4) is 0 Å². The summed E-state index contributed by atoms with van der Waals surface area (Å²) >= 11 is 0. The zero-order chi connectivity index (χ0) is 15.0. The molecule has 0 aliphatic heterocycles. The molecule has 0 aliphatic rings. The molecule has 4 nitrogen and oxygen atoms in total. The van der Waals surface area contributed by atoms with Gasteiger partial charge in [0.2, 0.25) is 0 Å². The molecule has 1 N–H and O–H groups in total. The van der Waals surface area contributed by atoms with Crippen LogP contribution in [-0.4, -0.2) is 24.0 Å². The molecule has 0 aromatic heterocycles. The van der Waals surface area contributed by atoms with E-state index in [1.54, 1.807) is 12.1 Å². The van der Waals surface area contributed by atoms with E-state index in [0.717, 1.165) is 24.8 Å². The molecule has 1 aromatic rings. The summed E-state index contributed by atoms with van der Waals surface area (Å²) in [5, 5.41) is 8.71. The smallest absolute Gasteiger partial charge is 0.303 e. The number of benzene rings is 1. The summed E-state index contributed by atoms with van der Waals surface area (Å²) in [6, 6.07) is 5.31. The average Bonchev–Trinajstić information content (AvgIpc) is 2.44. The van der Waals surface area contributed by atoms with E-state index in [1.165, 1.54) is 7.11 Å². The highest BCUT2D eigenvalue weighted by Gasteiger charge is 2.13. The number of carbonyl (C=O) groups excluding carboxylic acids is 1. The molecule has 0 atom stereocenters. The molecule has 0 heterocycles. The van der Waals surface area contributed by atoms with Crippen molar-refractivity contribution in [1.82, 2.24) is 0 Å². The molecule has 1 aromatic carbocycles. The van der Waals surface area contributed by atoms with Crippen molar-refractivity contribution < 1.29 is 19.4 Å². The highest BCUT2D eigenvalue weighted by molar-refractivity contribution is 5.98. The van der Waals surface area contributed by atoms with Crippen molar-refractivity contribution in [3.63, 3.8) is 0 Å². The molecule has 0 amide bonds. The average molecular weight is 278 g/mol. The van der Waals surface area contributed by atoms with Crippen LogP contribution >= 0.6 is 0 Å². The highest BCUT2D eigenvalue weighted by atomic mass is 16.5. The maximum absolute atomic E-state index is 12.2. The van der Waals surface area contributed by atoms with E-state index in [1.807, 2.05) is 6.07 Å². The molecule has 20 heavy (non-hydrogen) atoms. The number of carboxylic acid groups (broad SMARTS) is 1. The summed E-state index contributed by atoms with van der Waals surface area (Å²) in [5.41, 5.74) is 1.42. The van der Waals surface area contributed by atoms with Crippen LogP contribution < -0.4 is 4.74 Å². The number of aryl methyl sites for hydroxylation is 1. The Morgan fingerprint density at radius 3 is 2.55 bits per heavy atom. The van der Waals surface area contributed by atoms with Crippen molar-refractivity contribution in [2.75, 3.05) is 7.11 Å². The van der Waals surface area contributed by atoms with Crippen LogP contribution in [-0.2, 0) is 11.2 Å². The minimum Gasteiger partial charge on any atom is -0.496 e. The number of rotatable bonds is 9. The summed E-state index contributed by atoms with van der Waals surface area (Å²) < 4.78 is 5.22. The van der Waals surface area contributed by atoms with Gasteiger partial charge in [-0.3, -0.25) is 9.59 Å². The van der Waals surface area contributed by atoms with Crippen molar-refractivity contribution in [2.45, 2.75) is 45.4 Å². The Labute approximate surface area is 119 Å². The standard InChI is InChI=1S/C16H22O4/c1-3-4-5-6-14(17)13-11-12(8-10-16(18)19)7-9-15(13)20-2/h7,9,11H,3-6,8,10H2,1-2H3,(H,18,19). The molecule has 0 aliphatic carbocycles. The van der Waals surface area contributed by atoms with E-state index >= 15 is 0 Å². The van der Waals surface area contributed by atoms with E-state index in [-0.39, 0.29) is 12.2 Å². The van der Waals surface area contributed by atoms with Crippen LogP contribution in [0.4, 0.5) is 0 Å². The molecule has 0 unspecified atom stereocenters. The van der Waals surface area contributed by atoms with Crippen molar-refractivity contribution in [3.8, 4) is 5.75 Å². The Morgan fingerprint density at radius 2 is 1.95 bits per heavy atom. The van der Waals surface area contributed by atoms with E-state index < -0.39 is 5.97 Å². The van der Waals surface area contributed by atoms with E-state index in [9.17, 15) is 9.59 Å². The fraction of sp³-hybridized carbons (Fsp3) is 0.500. The van der Waals surface area contributed by atoms with Gasteiger partial charge in [0.05, 0.1) is 12.7 Å². The van der Waals surface area contributed by atoms with Gasteiger partial charge in [0.15, 0.2) is 5.78 Å². The van der Waals surface area contributed by atoms with E-state index in [0.29, 0.717) is 24.2 Å². The second-order valence-electron chi connectivity index (χ2n) is 4.81. The first-order valence-corrected chi connectivity index (χ1v) is 7.00. The van der Waals surface area contributed by atoms with Gasteiger partial charge in [0.1, 0.15) is 5.75 Å². The number of methoxy groups -OCH3 is 1. The Balaban J connectivity index is 2.82. The first-order valence-electron chi connectivity index (χ1n) is 7.00. The third kappa shape index (κ3) is 5.03. The fourth-order valence-corrected chi connectivity index (χ4v) is 2.05. The van der Waals surface area contributed by atoms with Gasteiger partial charge in [0.25, 0.3) is 0 Å². The third-order valence-corrected chi connectivity index (χ3v) is 3.20.